The summed E-state index contributed by atoms with van der Waals surface area (Å²) in [4.78, 5) is 3.38. The van der Waals surface area contributed by atoms with Crippen LogP contribution in [0.4, 0.5) is 0 Å². The van der Waals surface area contributed by atoms with Gasteiger partial charge in [-0.15, -0.1) is 0 Å². The van der Waals surface area contributed by atoms with Crippen LogP contribution in [0.25, 0.3) is 0 Å². The van der Waals surface area contributed by atoms with E-state index in [-0.39, 0.29) is 11.8 Å². The van der Waals surface area contributed by atoms with Crippen LogP contribution in [0, 0.1) is 0 Å². The Hall–Kier alpha value is -0.780. The van der Waals surface area contributed by atoms with Crippen LogP contribution in [-0.4, -0.2) is 20.3 Å². The van der Waals surface area contributed by atoms with E-state index in [1.807, 2.05) is 4.72 Å². The first-order chi connectivity index (χ1) is 3.60. The lowest BCUT2D eigenvalue weighted by molar-refractivity contribution is 0.596. The maximum Gasteiger partial charge on any atom is 0.255 e. The third-order valence-corrected chi connectivity index (χ3v) is 1.65. The summed E-state index contributed by atoms with van der Waals surface area (Å²) in [5, 5.41) is 0. The van der Waals surface area contributed by atoms with Crippen molar-refractivity contribution >= 4 is 16.0 Å². The summed E-state index contributed by atoms with van der Waals surface area (Å²) >= 11 is 0. The molecule has 0 bridgehead atoms. The minimum absolute atomic E-state index is 0.0231. The van der Waals surface area contributed by atoms with Gasteiger partial charge in [-0.1, -0.05) is 0 Å². The summed E-state index contributed by atoms with van der Waals surface area (Å²) in [5.41, 5.74) is 4.97. The Labute approximate surface area is 46.6 Å². The molecule has 8 heavy (non-hydrogen) atoms. The molecule has 0 aromatic heterocycles. The highest BCUT2D eigenvalue weighted by molar-refractivity contribution is 7.90. The van der Waals surface area contributed by atoms with Gasteiger partial charge in [0.2, 0.25) is 5.96 Å². The number of nitrogens with one attached hydrogen (secondary N) is 1. The van der Waals surface area contributed by atoms with Crippen molar-refractivity contribution in [1.82, 2.24) is 4.72 Å². The second-order valence-electron chi connectivity index (χ2n) is 1.39. The number of sulfonamides is 1. The maximum atomic E-state index is 10.3. The van der Waals surface area contributed by atoms with Gasteiger partial charge < -0.3 is 5.73 Å². The van der Waals surface area contributed by atoms with Crippen molar-refractivity contribution < 1.29 is 8.42 Å². The van der Waals surface area contributed by atoms with Crippen LogP contribution in [0.15, 0.2) is 4.99 Å². The second-order valence-corrected chi connectivity index (χ2v) is 3.08. The van der Waals surface area contributed by atoms with Gasteiger partial charge in [-0.25, -0.2) is 13.4 Å². The Balaban J connectivity index is 2.85. The van der Waals surface area contributed by atoms with E-state index in [1.54, 1.807) is 0 Å². The molecule has 0 amide bonds. The highest BCUT2D eigenvalue weighted by atomic mass is 32.2. The zero-order valence-corrected chi connectivity index (χ0v) is 4.77. The maximum absolute atomic E-state index is 10.3. The fourth-order valence-corrected chi connectivity index (χ4v) is 1.14. The van der Waals surface area contributed by atoms with E-state index in [0.717, 1.165) is 0 Å². The predicted octanol–water partition coefficient (Wildman–Crippen LogP) is -1.81. The highest BCUT2D eigenvalue weighted by Crippen LogP contribution is 1.90. The molecule has 3 N–H and O–H groups in total. The largest absolute Gasteiger partial charge is 0.369 e. The third-order valence-electron chi connectivity index (χ3n) is 0.665. The van der Waals surface area contributed by atoms with Gasteiger partial charge in [-0.2, -0.15) is 0 Å². The fraction of sp³-hybridized carbons (Fsp3) is 0.500. The van der Waals surface area contributed by atoms with E-state index >= 15 is 0 Å². The summed E-state index contributed by atoms with van der Waals surface area (Å²) in [6, 6.07) is 0. The molecule has 1 aliphatic rings. The SMILES string of the molecule is NC1=NCS(=O)(=O)N1. The molecular weight excluding hydrogens is 130 g/mol. The normalized spacial score (nSPS) is 24.2. The molecule has 0 spiro atoms. The molecule has 0 aromatic rings. The Bertz CT molecular complexity index is 215. The quantitative estimate of drug-likeness (QED) is 0.410. The van der Waals surface area contributed by atoms with Crippen LogP contribution >= 0.6 is 0 Å². The molecule has 1 rings (SSSR count). The van der Waals surface area contributed by atoms with Crippen molar-refractivity contribution in [3.8, 4) is 0 Å². The zero-order chi connectivity index (χ0) is 6.20. The Morgan fingerprint density at radius 1 is 1.75 bits per heavy atom. The lowest BCUT2D eigenvalue weighted by Gasteiger charge is -1.89. The summed E-state index contributed by atoms with van der Waals surface area (Å²) in [6.45, 7) is 0. The molecule has 46 valence electrons. The lowest BCUT2D eigenvalue weighted by atomic mass is 11.1. The average Bonchev–Trinajstić information content (AvgIpc) is 1.82. The molecule has 0 aliphatic carbocycles. The van der Waals surface area contributed by atoms with Gasteiger partial charge in [-0.05, 0) is 0 Å². The molecule has 0 aromatic carbocycles. The first kappa shape index (κ1) is 5.36. The third kappa shape index (κ3) is 0.890. The van der Waals surface area contributed by atoms with E-state index in [0.29, 0.717) is 0 Å². The zero-order valence-electron chi connectivity index (χ0n) is 3.96. The van der Waals surface area contributed by atoms with Crippen molar-refractivity contribution in [3.05, 3.63) is 0 Å². The van der Waals surface area contributed by atoms with Crippen molar-refractivity contribution in [2.75, 3.05) is 5.88 Å². The lowest BCUT2D eigenvalue weighted by Crippen LogP contribution is -2.30. The minimum atomic E-state index is -3.17. The second kappa shape index (κ2) is 1.35. The van der Waals surface area contributed by atoms with Crippen LogP contribution in [0.2, 0.25) is 0 Å². The first-order valence-electron chi connectivity index (χ1n) is 1.90. The number of hydrogen-bond acceptors (Lipinski definition) is 4. The number of rotatable bonds is 0. The Kier molecular flexibility index (Phi) is 0.902. The van der Waals surface area contributed by atoms with Gasteiger partial charge in [0.15, 0.2) is 5.88 Å². The molecule has 1 heterocycles. The van der Waals surface area contributed by atoms with Gasteiger partial charge in [0, 0.05) is 0 Å². The number of hydrogen-bond donors (Lipinski definition) is 2. The first-order valence-corrected chi connectivity index (χ1v) is 3.56. The fourth-order valence-electron chi connectivity index (χ4n) is 0.378. The molecule has 1 aliphatic heterocycles. The van der Waals surface area contributed by atoms with Crippen LogP contribution in [0.5, 0.6) is 0 Å². The topological polar surface area (TPSA) is 84.5 Å². The minimum Gasteiger partial charge on any atom is -0.369 e. The van der Waals surface area contributed by atoms with Gasteiger partial charge in [-0.3, -0.25) is 4.72 Å². The standard InChI is InChI=1S/C2H5N3O2S/c3-2-4-1-8(6,7)5-2/h1H2,(H3,3,4,5). The summed E-state index contributed by atoms with van der Waals surface area (Å²) in [5.74, 6) is -0.260. The van der Waals surface area contributed by atoms with E-state index in [9.17, 15) is 8.42 Å². The van der Waals surface area contributed by atoms with Crippen molar-refractivity contribution in [2.24, 2.45) is 10.7 Å². The number of guanidine groups is 1. The van der Waals surface area contributed by atoms with Crippen molar-refractivity contribution in [3.63, 3.8) is 0 Å². The van der Waals surface area contributed by atoms with Crippen LogP contribution in [0.3, 0.4) is 0 Å². The molecule has 5 nitrogen and oxygen atoms in total. The molecular formula is C2H5N3O2S. The van der Waals surface area contributed by atoms with E-state index in [1.165, 1.54) is 0 Å². The van der Waals surface area contributed by atoms with E-state index in [2.05, 4.69) is 4.99 Å². The number of nitrogens with zero attached hydrogens (tertiary/aromatic N) is 1. The molecule has 0 saturated carbocycles. The number of nitrogens with two attached hydrogens (primary N) is 1. The monoisotopic (exact) mass is 135 g/mol. The van der Waals surface area contributed by atoms with Crippen molar-refractivity contribution in [2.45, 2.75) is 0 Å². The van der Waals surface area contributed by atoms with Gasteiger partial charge in [0.05, 0.1) is 0 Å². The molecule has 0 unspecified atom stereocenters. The molecule has 0 radical (unpaired) electrons. The van der Waals surface area contributed by atoms with Gasteiger partial charge in [0.25, 0.3) is 10.0 Å². The summed E-state index contributed by atoms with van der Waals surface area (Å²) in [6.07, 6.45) is 0. The molecule has 0 atom stereocenters. The van der Waals surface area contributed by atoms with Gasteiger partial charge in [0.1, 0.15) is 0 Å². The van der Waals surface area contributed by atoms with Gasteiger partial charge >= 0.3 is 0 Å². The van der Waals surface area contributed by atoms with E-state index in [4.69, 9.17) is 5.73 Å². The molecule has 0 saturated heterocycles. The van der Waals surface area contributed by atoms with Crippen LogP contribution < -0.4 is 10.5 Å². The predicted molar refractivity (Wildman–Crippen MR) is 28.5 cm³/mol. The molecule has 6 heteroatoms. The van der Waals surface area contributed by atoms with E-state index < -0.39 is 10.0 Å². The average molecular weight is 135 g/mol. The Morgan fingerprint density at radius 2 is 2.38 bits per heavy atom. The highest BCUT2D eigenvalue weighted by Gasteiger charge is 2.16. The number of aliphatic imine (C=N–C) groups is 1. The van der Waals surface area contributed by atoms with Crippen molar-refractivity contribution in [1.29, 1.82) is 0 Å². The smallest absolute Gasteiger partial charge is 0.255 e. The summed E-state index contributed by atoms with van der Waals surface area (Å²) < 4.78 is 22.7. The molecule has 0 fully saturated rings. The Morgan fingerprint density at radius 3 is 2.50 bits per heavy atom. The van der Waals surface area contributed by atoms with Crippen LogP contribution in [0.1, 0.15) is 0 Å². The summed E-state index contributed by atoms with van der Waals surface area (Å²) in [7, 11) is -3.17. The van der Waals surface area contributed by atoms with Crippen LogP contribution in [-0.2, 0) is 10.0 Å².